The van der Waals surface area contributed by atoms with Crippen LogP contribution in [-0.4, -0.2) is 36.5 Å². The molecule has 1 saturated heterocycles. The fraction of sp³-hybridized carbons (Fsp3) is 0.438. The predicted molar refractivity (Wildman–Crippen MR) is 83.8 cm³/mol. The quantitative estimate of drug-likeness (QED) is 0.846. The molecule has 0 aromatic heterocycles. The van der Waals surface area contributed by atoms with Crippen LogP contribution in [0.3, 0.4) is 0 Å². The van der Waals surface area contributed by atoms with Crippen LogP contribution in [0.25, 0.3) is 6.08 Å². The fourth-order valence-electron chi connectivity index (χ4n) is 2.46. The Labute approximate surface area is 125 Å². The van der Waals surface area contributed by atoms with Crippen molar-refractivity contribution in [3.05, 3.63) is 40.9 Å². The molecule has 1 aliphatic rings. The van der Waals surface area contributed by atoms with Gasteiger partial charge in [0.05, 0.1) is 0 Å². The monoisotopic (exact) mass is 292 g/mol. The summed E-state index contributed by atoms with van der Waals surface area (Å²) in [6, 6.07) is 7.81. The maximum absolute atomic E-state index is 12.3. The lowest BCUT2D eigenvalue weighted by Gasteiger charge is -2.27. The van der Waals surface area contributed by atoms with E-state index in [0.717, 1.165) is 38.0 Å². The van der Waals surface area contributed by atoms with E-state index in [1.165, 1.54) is 0 Å². The third kappa shape index (κ3) is 4.09. The summed E-state index contributed by atoms with van der Waals surface area (Å²) in [7, 11) is 0. The zero-order chi connectivity index (χ0) is 14.4. The van der Waals surface area contributed by atoms with Crippen LogP contribution in [-0.2, 0) is 4.79 Å². The minimum Gasteiger partial charge on any atom is -0.335 e. The van der Waals surface area contributed by atoms with Crippen molar-refractivity contribution in [3.63, 3.8) is 0 Å². The normalized spacial score (nSPS) is 18.6. The molecule has 1 aliphatic heterocycles. The first kappa shape index (κ1) is 15.1. The van der Waals surface area contributed by atoms with Crippen LogP contribution in [0.15, 0.2) is 30.3 Å². The molecule has 2 rings (SSSR count). The third-order valence-corrected chi connectivity index (χ3v) is 3.76. The van der Waals surface area contributed by atoms with E-state index in [1.807, 2.05) is 35.2 Å². The van der Waals surface area contributed by atoms with E-state index in [4.69, 9.17) is 11.6 Å². The molecular formula is C16H21ClN2O. The minimum absolute atomic E-state index is 0.0931. The summed E-state index contributed by atoms with van der Waals surface area (Å²) in [5.41, 5.74) is 0.990. The summed E-state index contributed by atoms with van der Waals surface area (Å²) in [5, 5.41) is 4.02. The molecule has 1 fully saturated rings. The molecule has 0 bridgehead atoms. The lowest BCUT2D eigenvalue weighted by Crippen LogP contribution is -2.41. The Balaban J connectivity index is 2.01. The summed E-state index contributed by atoms with van der Waals surface area (Å²) in [6.45, 7) is 4.82. The molecule has 1 heterocycles. The molecular weight excluding hydrogens is 272 g/mol. The molecule has 0 aliphatic carbocycles. The first-order chi connectivity index (χ1) is 9.70. The Bertz CT molecular complexity index is 464. The second kappa shape index (κ2) is 7.46. The van der Waals surface area contributed by atoms with Crippen LogP contribution >= 0.6 is 11.6 Å². The van der Waals surface area contributed by atoms with Gasteiger partial charge in [-0.25, -0.2) is 0 Å². The van der Waals surface area contributed by atoms with Crippen molar-refractivity contribution in [2.24, 2.45) is 0 Å². The van der Waals surface area contributed by atoms with Gasteiger partial charge in [-0.2, -0.15) is 0 Å². The molecule has 20 heavy (non-hydrogen) atoms. The molecule has 4 heteroatoms. The second-order valence-electron chi connectivity index (χ2n) is 5.06. The molecule has 1 atom stereocenters. The van der Waals surface area contributed by atoms with Gasteiger partial charge in [-0.05, 0) is 43.2 Å². The van der Waals surface area contributed by atoms with Crippen LogP contribution in [0.4, 0.5) is 0 Å². The first-order valence-corrected chi connectivity index (χ1v) is 7.53. The molecule has 0 saturated carbocycles. The van der Waals surface area contributed by atoms with Gasteiger partial charge in [0.15, 0.2) is 0 Å². The maximum Gasteiger partial charge on any atom is 0.246 e. The summed E-state index contributed by atoms with van der Waals surface area (Å²) in [6.07, 6.45) is 5.54. The van der Waals surface area contributed by atoms with E-state index in [0.29, 0.717) is 11.1 Å². The highest BCUT2D eigenvalue weighted by Crippen LogP contribution is 2.13. The van der Waals surface area contributed by atoms with Gasteiger partial charge in [0.2, 0.25) is 5.91 Å². The molecule has 1 aromatic rings. The van der Waals surface area contributed by atoms with Gasteiger partial charge in [-0.1, -0.05) is 30.7 Å². The predicted octanol–water partition coefficient (Wildman–Crippen LogP) is 2.95. The van der Waals surface area contributed by atoms with Crippen molar-refractivity contribution < 1.29 is 4.79 Å². The van der Waals surface area contributed by atoms with Gasteiger partial charge >= 0.3 is 0 Å². The van der Waals surface area contributed by atoms with E-state index in [1.54, 1.807) is 6.08 Å². The number of benzene rings is 1. The topological polar surface area (TPSA) is 32.3 Å². The van der Waals surface area contributed by atoms with Gasteiger partial charge in [0, 0.05) is 30.2 Å². The summed E-state index contributed by atoms with van der Waals surface area (Å²) < 4.78 is 0. The number of rotatable bonds is 5. The van der Waals surface area contributed by atoms with E-state index >= 15 is 0 Å². The molecule has 1 N–H and O–H groups in total. The molecule has 0 radical (unpaired) electrons. The largest absolute Gasteiger partial charge is 0.335 e. The van der Waals surface area contributed by atoms with Crippen LogP contribution in [0.1, 0.15) is 25.3 Å². The number of halogens is 1. The van der Waals surface area contributed by atoms with Crippen molar-refractivity contribution in [3.8, 4) is 0 Å². The van der Waals surface area contributed by atoms with Crippen molar-refractivity contribution in [1.29, 1.82) is 0 Å². The number of nitrogens with one attached hydrogen (secondary N) is 1. The van der Waals surface area contributed by atoms with Gasteiger partial charge in [-0.3, -0.25) is 4.79 Å². The first-order valence-electron chi connectivity index (χ1n) is 7.15. The van der Waals surface area contributed by atoms with Crippen molar-refractivity contribution in [1.82, 2.24) is 10.2 Å². The summed E-state index contributed by atoms with van der Waals surface area (Å²) >= 11 is 5.85. The minimum atomic E-state index is 0.0931. The average Bonchev–Trinajstić information content (AvgIpc) is 2.97. The van der Waals surface area contributed by atoms with Gasteiger partial charge in [-0.15, -0.1) is 0 Å². The van der Waals surface area contributed by atoms with Crippen LogP contribution in [0.5, 0.6) is 0 Å². The Hall–Kier alpha value is -1.32. The Morgan fingerprint density at radius 2 is 2.20 bits per heavy atom. The lowest BCUT2D eigenvalue weighted by atomic mass is 10.1. The fourth-order valence-corrected chi connectivity index (χ4v) is 2.58. The number of nitrogens with zero attached hydrogens (tertiary/aromatic N) is 1. The SMILES string of the molecule is CCCN(C(=O)/C=C/c1ccc(Cl)cc1)C1CCNC1. The van der Waals surface area contributed by atoms with Crippen LogP contribution < -0.4 is 5.32 Å². The van der Waals surface area contributed by atoms with Gasteiger partial charge in [0.1, 0.15) is 0 Å². The maximum atomic E-state index is 12.3. The molecule has 1 aromatic carbocycles. The van der Waals surface area contributed by atoms with E-state index in [-0.39, 0.29) is 5.91 Å². The molecule has 3 nitrogen and oxygen atoms in total. The van der Waals surface area contributed by atoms with Gasteiger partial charge in [0.25, 0.3) is 0 Å². The molecule has 1 amide bonds. The number of amides is 1. The van der Waals surface area contributed by atoms with Crippen molar-refractivity contribution in [2.45, 2.75) is 25.8 Å². The highest BCUT2D eigenvalue weighted by Gasteiger charge is 2.24. The second-order valence-corrected chi connectivity index (χ2v) is 5.50. The smallest absolute Gasteiger partial charge is 0.246 e. The number of hydrogen-bond acceptors (Lipinski definition) is 2. The Kier molecular flexibility index (Phi) is 5.62. The van der Waals surface area contributed by atoms with Crippen molar-refractivity contribution >= 4 is 23.6 Å². The zero-order valence-electron chi connectivity index (χ0n) is 11.8. The lowest BCUT2D eigenvalue weighted by molar-refractivity contribution is -0.127. The Morgan fingerprint density at radius 3 is 2.80 bits per heavy atom. The van der Waals surface area contributed by atoms with E-state index in [2.05, 4.69) is 12.2 Å². The van der Waals surface area contributed by atoms with Gasteiger partial charge < -0.3 is 10.2 Å². The van der Waals surface area contributed by atoms with E-state index < -0.39 is 0 Å². The van der Waals surface area contributed by atoms with Crippen molar-refractivity contribution in [2.75, 3.05) is 19.6 Å². The molecule has 108 valence electrons. The number of hydrogen-bond donors (Lipinski definition) is 1. The average molecular weight is 293 g/mol. The number of carbonyl (C=O) groups is 1. The standard InChI is InChI=1S/C16H21ClN2O/c1-2-11-19(15-9-10-18-12-15)16(20)8-5-13-3-6-14(17)7-4-13/h3-8,15,18H,2,9-12H2,1H3/b8-5+. The van der Waals surface area contributed by atoms with Crippen LogP contribution in [0, 0.1) is 0 Å². The Morgan fingerprint density at radius 1 is 1.45 bits per heavy atom. The highest BCUT2D eigenvalue weighted by atomic mass is 35.5. The highest BCUT2D eigenvalue weighted by molar-refractivity contribution is 6.30. The van der Waals surface area contributed by atoms with E-state index in [9.17, 15) is 4.79 Å². The zero-order valence-corrected chi connectivity index (χ0v) is 12.6. The molecule has 1 unspecified atom stereocenters. The summed E-state index contributed by atoms with van der Waals surface area (Å²) in [5.74, 6) is 0.0931. The molecule has 0 spiro atoms. The third-order valence-electron chi connectivity index (χ3n) is 3.51. The van der Waals surface area contributed by atoms with Crippen LogP contribution in [0.2, 0.25) is 5.02 Å². The summed E-state index contributed by atoms with van der Waals surface area (Å²) in [4.78, 5) is 14.3. The number of carbonyl (C=O) groups excluding carboxylic acids is 1.